The number of carboxylic acids is 1. The van der Waals surface area contributed by atoms with Crippen LogP contribution < -0.4 is 5.32 Å². The first kappa shape index (κ1) is 23.2. The minimum atomic E-state index is -0.727. The number of aromatic nitrogens is 1. The van der Waals surface area contributed by atoms with E-state index in [4.69, 9.17) is 4.52 Å². The molecule has 1 aliphatic rings. The second-order valence-corrected chi connectivity index (χ2v) is 10.3. The summed E-state index contributed by atoms with van der Waals surface area (Å²) in [6, 6.07) is 26.7. The van der Waals surface area contributed by atoms with E-state index in [0.29, 0.717) is 12.8 Å². The lowest BCUT2D eigenvalue weighted by Crippen LogP contribution is -2.19. The van der Waals surface area contributed by atoms with Crippen LogP contribution in [0.2, 0.25) is 0 Å². The maximum atomic E-state index is 11.6. The van der Waals surface area contributed by atoms with E-state index in [2.05, 4.69) is 53.8 Å². The summed E-state index contributed by atoms with van der Waals surface area (Å²) in [5, 5.41) is 17.3. The van der Waals surface area contributed by atoms with Crippen molar-refractivity contribution in [2.75, 3.05) is 11.1 Å². The minimum Gasteiger partial charge on any atom is -0.481 e. The maximum Gasteiger partial charge on any atom is 0.314 e. The van der Waals surface area contributed by atoms with Gasteiger partial charge in [-0.2, -0.15) is 0 Å². The Morgan fingerprint density at radius 3 is 2.20 bits per heavy atom. The Morgan fingerprint density at radius 1 is 1.00 bits per heavy atom. The summed E-state index contributed by atoms with van der Waals surface area (Å²) in [5.41, 5.74) is 5.05. The molecular weight excluding hydrogens is 456 g/mol. The summed E-state index contributed by atoms with van der Waals surface area (Å²) in [5.74, 6) is 0.930. The van der Waals surface area contributed by atoms with Crippen LogP contribution in [0.25, 0.3) is 22.5 Å². The molecule has 1 saturated carbocycles. The fourth-order valence-electron chi connectivity index (χ4n) is 4.31. The van der Waals surface area contributed by atoms with E-state index in [0.717, 1.165) is 45.1 Å². The Hall–Kier alpha value is -3.51. The third kappa shape index (κ3) is 4.84. The van der Waals surface area contributed by atoms with Gasteiger partial charge in [0.05, 0.1) is 5.41 Å². The zero-order chi connectivity index (χ0) is 24.4. The van der Waals surface area contributed by atoms with Crippen LogP contribution in [0.1, 0.15) is 31.0 Å². The molecule has 5 nitrogen and oxygen atoms in total. The second kappa shape index (κ2) is 9.62. The molecule has 178 valence electrons. The highest BCUT2D eigenvalue weighted by molar-refractivity contribution is 7.99. The summed E-state index contributed by atoms with van der Waals surface area (Å²) < 4.78 is 5.70. The molecule has 0 radical (unpaired) electrons. The number of carbonyl (C=O) groups is 1. The van der Waals surface area contributed by atoms with Crippen LogP contribution in [0.4, 0.5) is 5.69 Å². The highest BCUT2D eigenvalue weighted by Crippen LogP contribution is 2.48. The van der Waals surface area contributed by atoms with Gasteiger partial charge in [-0.15, -0.1) is 11.8 Å². The van der Waals surface area contributed by atoms with Crippen molar-refractivity contribution >= 4 is 23.4 Å². The molecule has 1 atom stereocenters. The van der Waals surface area contributed by atoms with Gasteiger partial charge in [0.25, 0.3) is 0 Å². The topological polar surface area (TPSA) is 75.4 Å². The molecule has 0 saturated heterocycles. The smallest absolute Gasteiger partial charge is 0.314 e. The highest BCUT2D eigenvalue weighted by atomic mass is 32.2. The second-order valence-electron chi connectivity index (χ2n) is 9.18. The number of hydrogen-bond acceptors (Lipinski definition) is 5. The Balaban J connectivity index is 1.29. The Kier molecular flexibility index (Phi) is 6.39. The molecule has 4 aromatic rings. The third-order valence-electron chi connectivity index (χ3n) is 6.57. The molecule has 6 heteroatoms. The van der Waals surface area contributed by atoms with Gasteiger partial charge in [-0.3, -0.25) is 4.79 Å². The number of anilines is 1. The van der Waals surface area contributed by atoms with Crippen LogP contribution in [-0.2, 0) is 10.2 Å². The van der Waals surface area contributed by atoms with Crippen molar-refractivity contribution in [2.24, 2.45) is 0 Å². The number of aliphatic carboxylic acids is 1. The van der Waals surface area contributed by atoms with Crippen molar-refractivity contribution in [3.8, 4) is 22.5 Å². The van der Waals surface area contributed by atoms with Gasteiger partial charge in [-0.05, 0) is 55.5 Å². The zero-order valence-corrected chi connectivity index (χ0v) is 20.6. The zero-order valence-electron chi connectivity index (χ0n) is 19.8. The van der Waals surface area contributed by atoms with Crippen molar-refractivity contribution in [1.82, 2.24) is 5.16 Å². The fourth-order valence-corrected chi connectivity index (χ4v) is 5.18. The average Bonchev–Trinajstić information content (AvgIpc) is 3.63. The van der Waals surface area contributed by atoms with Crippen molar-refractivity contribution in [3.63, 3.8) is 0 Å². The lowest BCUT2D eigenvalue weighted by atomic mass is 9.93. The molecule has 0 spiro atoms. The molecule has 1 unspecified atom stereocenters. The molecule has 35 heavy (non-hydrogen) atoms. The predicted molar refractivity (Wildman–Crippen MR) is 141 cm³/mol. The van der Waals surface area contributed by atoms with E-state index in [9.17, 15) is 9.90 Å². The third-order valence-corrected chi connectivity index (χ3v) is 7.85. The van der Waals surface area contributed by atoms with Gasteiger partial charge in [0.1, 0.15) is 11.4 Å². The first-order valence-corrected chi connectivity index (χ1v) is 12.8. The molecule has 1 aromatic heterocycles. The van der Waals surface area contributed by atoms with Gasteiger partial charge in [0.15, 0.2) is 5.76 Å². The van der Waals surface area contributed by atoms with Crippen molar-refractivity contribution in [3.05, 3.63) is 90.1 Å². The fraction of sp³-hybridized carbons (Fsp3) is 0.241. The molecule has 1 heterocycles. The van der Waals surface area contributed by atoms with Crippen molar-refractivity contribution in [2.45, 2.75) is 43.0 Å². The molecule has 3 aromatic carbocycles. The van der Waals surface area contributed by atoms with Crippen LogP contribution in [0.3, 0.4) is 0 Å². The van der Waals surface area contributed by atoms with Gasteiger partial charge < -0.3 is 14.9 Å². The van der Waals surface area contributed by atoms with Crippen LogP contribution in [0, 0.1) is 6.92 Å². The van der Waals surface area contributed by atoms with E-state index < -0.39 is 11.4 Å². The van der Waals surface area contributed by atoms with Crippen molar-refractivity contribution < 1.29 is 14.4 Å². The summed E-state index contributed by atoms with van der Waals surface area (Å²) in [6.45, 7) is 4.11. The number of rotatable bonds is 9. The lowest BCUT2D eigenvalue weighted by molar-refractivity contribution is -0.140. The van der Waals surface area contributed by atoms with Gasteiger partial charge in [-0.25, -0.2) is 0 Å². The summed E-state index contributed by atoms with van der Waals surface area (Å²) in [7, 11) is 0. The number of nitrogens with one attached hydrogen (secondary N) is 1. The average molecular weight is 485 g/mol. The molecule has 1 aliphatic carbocycles. The summed E-state index contributed by atoms with van der Waals surface area (Å²) >= 11 is 1.82. The van der Waals surface area contributed by atoms with E-state index in [1.165, 1.54) is 4.90 Å². The first-order valence-electron chi connectivity index (χ1n) is 11.8. The van der Waals surface area contributed by atoms with E-state index in [1.54, 1.807) is 0 Å². The van der Waals surface area contributed by atoms with E-state index in [1.807, 2.05) is 61.2 Å². The SMILES string of the molecule is Cc1noc(-c2ccc(-c3ccc(C4(C(=O)O)CC4)cc3)cc2)c1NC(C)CSc1ccccc1. The number of thioether (sulfide) groups is 1. The Bertz CT molecular complexity index is 1310. The Labute approximate surface area is 209 Å². The molecular formula is C29H28N2O3S. The van der Waals surface area contributed by atoms with E-state index >= 15 is 0 Å². The van der Waals surface area contributed by atoms with Crippen LogP contribution in [-0.4, -0.2) is 28.0 Å². The molecule has 1 fully saturated rings. The monoisotopic (exact) mass is 484 g/mol. The van der Waals surface area contributed by atoms with Gasteiger partial charge >= 0.3 is 5.97 Å². The molecule has 0 aliphatic heterocycles. The highest BCUT2D eigenvalue weighted by Gasteiger charge is 2.51. The first-order chi connectivity index (χ1) is 17.0. The number of benzene rings is 3. The van der Waals surface area contributed by atoms with Crippen LogP contribution in [0.15, 0.2) is 88.3 Å². The molecule has 0 amide bonds. The predicted octanol–water partition coefficient (Wildman–Crippen LogP) is 7.03. The van der Waals surface area contributed by atoms with Crippen LogP contribution in [0.5, 0.6) is 0 Å². The molecule has 5 rings (SSSR count). The number of nitrogens with zero attached hydrogens (tertiary/aromatic N) is 1. The van der Waals surface area contributed by atoms with Crippen LogP contribution >= 0.6 is 11.8 Å². The lowest BCUT2D eigenvalue weighted by Gasteiger charge is -2.15. The minimum absolute atomic E-state index is 0.232. The maximum absolute atomic E-state index is 11.6. The standard InChI is InChI=1S/C29H28N2O3S/c1-19(18-35-25-6-4-3-5-7-25)30-26-20(2)31-34-27(26)23-10-8-21(9-11-23)22-12-14-24(15-13-22)29(16-17-29)28(32)33/h3-15,19,30H,16-18H2,1-2H3,(H,32,33). The van der Waals surface area contributed by atoms with E-state index in [-0.39, 0.29) is 6.04 Å². The van der Waals surface area contributed by atoms with Gasteiger partial charge in [0, 0.05) is 22.3 Å². The number of aryl methyl sites for hydroxylation is 1. The quantitative estimate of drug-likeness (QED) is 0.249. The summed E-state index contributed by atoms with van der Waals surface area (Å²) in [6.07, 6.45) is 1.43. The van der Waals surface area contributed by atoms with Crippen molar-refractivity contribution in [1.29, 1.82) is 0 Å². The largest absolute Gasteiger partial charge is 0.481 e. The van der Waals surface area contributed by atoms with Gasteiger partial charge in [-0.1, -0.05) is 71.9 Å². The summed E-state index contributed by atoms with van der Waals surface area (Å²) in [4.78, 5) is 12.8. The number of carboxylic acid groups (broad SMARTS) is 1. The van der Waals surface area contributed by atoms with Gasteiger partial charge in [0.2, 0.25) is 0 Å². The number of hydrogen-bond donors (Lipinski definition) is 2. The molecule has 2 N–H and O–H groups in total. The normalized spacial score (nSPS) is 14.9. The Morgan fingerprint density at radius 2 is 1.60 bits per heavy atom. The molecule has 0 bridgehead atoms.